The molecule has 0 saturated heterocycles. The Balaban J connectivity index is 1.96. The van der Waals surface area contributed by atoms with Gasteiger partial charge in [0.15, 0.2) is 0 Å². The molecule has 0 radical (unpaired) electrons. The summed E-state index contributed by atoms with van der Waals surface area (Å²) in [6.07, 6.45) is 8.99. The van der Waals surface area contributed by atoms with Crippen molar-refractivity contribution in [3.8, 4) is 0 Å². The minimum atomic E-state index is -0.515. The van der Waals surface area contributed by atoms with E-state index >= 15 is 0 Å². The summed E-state index contributed by atoms with van der Waals surface area (Å²) in [5.74, 6) is 0.182. The SMILES string of the molecule is O=[N+]([O-])c1cnc(Cl)nc1NCCC1=CCCCC1. The fourth-order valence-electron chi connectivity index (χ4n) is 2.09. The normalized spacial score (nSPS) is 14.9. The van der Waals surface area contributed by atoms with E-state index in [4.69, 9.17) is 11.6 Å². The summed E-state index contributed by atoms with van der Waals surface area (Å²) in [7, 11) is 0. The quantitative estimate of drug-likeness (QED) is 0.388. The number of hydrogen-bond acceptors (Lipinski definition) is 5. The van der Waals surface area contributed by atoms with Crippen molar-refractivity contribution in [2.24, 2.45) is 0 Å². The lowest BCUT2D eigenvalue weighted by Gasteiger charge is -2.13. The standard InChI is InChI=1S/C12H15ClN4O2/c13-12-15-8-10(17(18)19)11(16-12)14-7-6-9-4-2-1-3-5-9/h4,8H,1-3,5-7H2,(H,14,15,16). The fourth-order valence-corrected chi connectivity index (χ4v) is 2.22. The van der Waals surface area contributed by atoms with Gasteiger partial charge in [-0.15, -0.1) is 0 Å². The van der Waals surface area contributed by atoms with Crippen LogP contribution in [0.2, 0.25) is 5.28 Å². The molecule has 1 aromatic rings. The number of rotatable bonds is 5. The molecule has 1 aliphatic carbocycles. The highest BCUT2D eigenvalue weighted by Gasteiger charge is 2.16. The van der Waals surface area contributed by atoms with Crippen LogP contribution in [0.1, 0.15) is 32.1 Å². The van der Waals surface area contributed by atoms with E-state index in [2.05, 4.69) is 21.4 Å². The first-order valence-electron chi connectivity index (χ1n) is 6.25. The predicted octanol–water partition coefficient (Wildman–Crippen LogP) is 3.34. The summed E-state index contributed by atoms with van der Waals surface area (Å²) in [6, 6.07) is 0. The topological polar surface area (TPSA) is 81.0 Å². The first-order chi connectivity index (χ1) is 9.16. The van der Waals surface area contributed by atoms with Crippen molar-refractivity contribution in [1.29, 1.82) is 0 Å². The summed E-state index contributed by atoms with van der Waals surface area (Å²) in [4.78, 5) is 17.8. The first kappa shape index (κ1) is 13.7. The Labute approximate surface area is 116 Å². The molecule has 1 aromatic heterocycles. The van der Waals surface area contributed by atoms with E-state index in [1.165, 1.54) is 18.4 Å². The van der Waals surface area contributed by atoms with Crippen LogP contribution >= 0.6 is 11.6 Å². The minimum absolute atomic E-state index is 0.00461. The number of nitro groups is 1. The second kappa shape index (κ2) is 6.47. The third-order valence-electron chi connectivity index (χ3n) is 3.06. The van der Waals surface area contributed by atoms with Gasteiger partial charge in [-0.05, 0) is 43.7 Å². The summed E-state index contributed by atoms with van der Waals surface area (Å²) < 4.78 is 0. The molecule has 1 aliphatic rings. The van der Waals surface area contributed by atoms with Crippen molar-refractivity contribution in [1.82, 2.24) is 9.97 Å². The molecule has 6 nitrogen and oxygen atoms in total. The zero-order valence-corrected chi connectivity index (χ0v) is 11.2. The van der Waals surface area contributed by atoms with E-state index in [1.807, 2.05) is 0 Å². The summed E-state index contributed by atoms with van der Waals surface area (Å²) >= 11 is 5.65. The molecule has 7 heteroatoms. The van der Waals surface area contributed by atoms with Crippen LogP contribution < -0.4 is 5.32 Å². The summed E-state index contributed by atoms with van der Waals surface area (Å²) in [6.45, 7) is 0.611. The number of allylic oxidation sites excluding steroid dienone is 1. The summed E-state index contributed by atoms with van der Waals surface area (Å²) in [5, 5.41) is 13.8. The van der Waals surface area contributed by atoms with Crippen molar-refractivity contribution in [3.63, 3.8) is 0 Å². The van der Waals surface area contributed by atoms with Crippen LogP contribution in [-0.4, -0.2) is 21.4 Å². The highest BCUT2D eigenvalue weighted by Crippen LogP contribution is 2.23. The molecule has 0 fully saturated rings. The van der Waals surface area contributed by atoms with Gasteiger partial charge in [-0.25, -0.2) is 4.98 Å². The van der Waals surface area contributed by atoms with Crippen LogP contribution in [0.3, 0.4) is 0 Å². The largest absolute Gasteiger partial charge is 0.364 e. The van der Waals surface area contributed by atoms with Gasteiger partial charge >= 0.3 is 5.69 Å². The van der Waals surface area contributed by atoms with Crippen LogP contribution in [0, 0.1) is 10.1 Å². The van der Waals surface area contributed by atoms with Gasteiger partial charge in [0.25, 0.3) is 0 Å². The van der Waals surface area contributed by atoms with Gasteiger partial charge in [-0.1, -0.05) is 11.6 Å². The van der Waals surface area contributed by atoms with Crippen LogP contribution in [0.4, 0.5) is 11.5 Å². The number of hydrogen-bond donors (Lipinski definition) is 1. The van der Waals surface area contributed by atoms with Crippen molar-refractivity contribution < 1.29 is 4.92 Å². The van der Waals surface area contributed by atoms with Gasteiger partial charge in [0.2, 0.25) is 11.1 Å². The molecule has 0 spiro atoms. The highest BCUT2D eigenvalue weighted by atomic mass is 35.5. The van der Waals surface area contributed by atoms with Gasteiger partial charge in [0.05, 0.1) is 4.92 Å². The maximum Gasteiger partial charge on any atom is 0.329 e. The van der Waals surface area contributed by atoms with E-state index in [9.17, 15) is 10.1 Å². The van der Waals surface area contributed by atoms with Gasteiger partial charge < -0.3 is 5.32 Å². The number of anilines is 1. The zero-order chi connectivity index (χ0) is 13.7. The lowest BCUT2D eigenvalue weighted by atomic mass is 9.97. The molecule has 0 bridgehead atoms. The lowest BCUT2D eigenvalue weighted by Crippen LogP contribution is -2.08. The van der Waals surface area contributed by atoms with Gasteiger partial charge in [0, 0.05) is 6.54 Å². The second-order valence-electron chi connectivity index (χ2n) is 4.41. The third-order valence-corrected chi connectivity index (χ3v) is 3.24. The maximum atomic E-state index is 10.8. The maximum absolute atomic E-state index is 10.8. The average Bonchev–Trinajstić information content (AvgIpc) is 2.39. The number of nitrogens with one attached hydrogen (secondary N) is 1. The zero-order valence-electron chi connectivity index (χ0n) is 10.4. The van der Waals surface area contributed by atoms with Crippen molar-refractivity contribution in [3.05, 3.63) is 33.2 Å². The van der Waals surface area contributed by atoms with Crippen LogP contribution in [0.5, 0.6) is 0 Å². The molecule has 0 aliphatic heterocycles. The number of nitrogens with zero attached hydrogens (tertiary/aromatic N) is 3. The second-order valence-corrected chi connectivity index (χ2v) is 4.75. The van der Waals surface area contributed by atoms with Gasteiger partial charge in [-0.2, -0.15) is 4.98 Å². The Morgan fingerprint density at radius 1 is 1.47 bits per heavy atom. The van der Waals surface area contributed by atoms with Crippen LogP contribution in [0.25, 0.3) is 0 Å². The number of halogens is 1. The minimum Gasteiger partial charge on any atom is -0.364 e. The van der Waals surface area contributed by atoms with Crippen LogP contribution in [-0.2, 0) is 0 Å². The molecule has 0 aromatic carbocycles. The monoisotopic (exact) mass is 282 g/mol. The molecule has 2 rings (SSSR count). The Morgan fingerprint density at radius 3 is 3.00 bits per heavy atom. The first-order valence-corrected chi connectivity index (χ1v) is 6.63. The van der Waals surface area contributed by atoms with E-state index < -0.39 is 4.92 Å². The lowest BCUT2D eigenvalue weighted by molar-refractivity contribution is -0.384. The molecule has 19 heavy (non-hydrogen) atoms. The molecule has 1 heterocycles. The van der Waals surface area contributed by atoms with Crippen molar-refractivity contribution in [2.45, 2.75) is 32.1 Å². The molecule has 1 N–H and O–H groups in total. The number of aromatic nitrogens is 2. The molecular formula is C12H15ClN4O2. The molecule has 0 saturated carbocycles. The van der Waals surface area contributed by atoms with Crippen molar-refractivity contribution >= 4 is 23.1 Å². The molecule has 0 amide bonds. The Kier molecular flexibility index (Phi) is 4.68. The molecule has 0 unspecified atom stereocenters. The van der Waals surface area contributed by atoms with Gasteiger partial charge in [0.1, 0.15) is 6.20 Å². The molecular weight excluding hydrogens is 268 g/mol. The highest BCUT2D eigenvalue weighted by molar-refractivity contribution is 6.28. The molecule has 0 atom stereocenters. The third kappa shape index (κ3) is 3.89. The van der Waals surface area contributed by atoms with E-state index in [0.717, 1.165) is 25.5 Å². The van der Waals surface area contributed by atoms with E-state index in [0.29, 0.717) is 6.54 Å². The van der Waals surface area contributed by atoms with E-state index in [-0.39, 0.29) is 16.8 Å². The predicted molar refractivity (Wildman–Crippen MR) is 73.4 cm³/mol. The molecule has 102 valence electrons. The Hall–Kier alpha value is -1.69. The smallest absolute Gasteiger partial charge is 0.329 e. The Morgan fingerprint density at radius 2 is 2.32 bits per heavy atom. The van der Waals surface area contributed by atoms with E-state index in [1.54, 1.807) is 0 Å². The summed E-state index contributed by atoms with van der Waals surface area (Å²) in [5.41, 5.74) is 1.25. The van der Waals surface area contributed by atoms with Crippen LogP contribution in [0.15, 0.2) is 17.8 Å². The fraction of sp³-hybridized carbons (Fsp3) is 0.500. The Bertz CT molecular complexity index is 505. The average molecular weight is 283 g/mol. The van der Waals surface area contributed by atoms with Gasteiger partial charge in [-0.3, -0.25) is 10.1 Å². The van der Waals surface area contributed by atoms with Crippen molar-refractivity contribution in [2.75, 3.05) is 11.9 Å².